The van der Waals surface area contributed by atoms with Gasteiger partial charge in [-0.2, -0.15) is 11.8 Å². The predicted octanol–water partition coefficient (Wildman–Crippen LogP) is 3.44. The molecule has 1 fully saturated rings. The van der Waals surface area contributed by atoms with Crippen LogP contribution in [0.2, 0.25) is 0 Å². The molecule has 0 spiro atoms. The first-order chi connectivity index (χ1) is 13.7. The summed E-state index contributed by atoms with van der Waals surface area (Å²) in [5.74, 6) is 1.19. The lowest BCUT2D eigenvalue weighted by molar-refractivity contribution is -0.140. The van der Waals surface area contributed by atoms with E-state index in [2.05, 4.69) is 22.0 Å². The molecular formula is C22H20N2O3S. The summed E-state index contributed by atoms with van der Waals surface area (Å²) in [5.41, 5.74) is 4.38. The van der Waals surface area contributed by atoms with Crippen LogP contribution < -0.4 is 4.90 Å². The molecule has 3 aliphatic rings. The summed E-state index contributed by atoms with van der Waals surface area (Å²) < 4.78 is 5.27. The molecule has 1 aliphatic carbocycles. The minimum Gasteiger partial charge on any atom is -0.462 e. The first kappa shape index (κ1) is 17.5. The Balaban J connectivity index is 1.69. The maximum absolute atomic E-state index is 12.6. The van der Waals surface area contributed by atoms with Crippen LogP contribution in [0.4, 0.5) is 5.69 Å². The van der Waals surface area contributed by atoms with Crippen molar-refractivity contribution in [3.63, 3.8) is 0 Å². The molecule has 5 rings (SSSR count). The fourth-order valence-corrected chi connectivity index (χ4v) is 5.13. The molecule has 1 amide bonds. The van der Waals surface area contributed by atoms with Crippen molar-refractivity contribution in [3.05, 3.63) is 47.0 Å². The van der Waals surface area contributed by atoms with Crippen molar-refractivity contribution in [1.82, 2.24) is 0 Å². The van der Waals surface area contributed by atoms with Crippen molar-refractivity contribution in [2.75, 3.05) is 36.1 Å². The number of amides is 1. The number of fused-ring (bicyclic) bond motifs is 3. The van der Waals surface area contributed by atoms with Gasteiger partial charge in [-0.1, -0.05) is 31.2 Å². The van der Waals surface area contributed by atoms with Gasteiger partial charge in [0.1, 0.15) is 5.57 Å². The second-order valence-electron chi connectivity index (χ2n) is 7.11. The lowest BCUT2D eigenvalue weighted by Crippen LogP contribution is -2.32. The van der Waals surface area contributed by atoms with Crippen LogP contribution in [-0.2, 0) is 14.3 Å². The number of benzene rings is 2. The highest BCUT2D eigenvalue weighted by atomic mass is 32.2. The SMILES string of the molecule is CCCOC(=O)C1=C2C(=NC1=O)c1cccc3c(N4CCSCC4)ccc2c13. The van der Waals surface area contributed by atoms with Gasteiger partial charge in [0.05, 0.1) is 12.3 Å². The van der Waals surface area contributed by atoms with Crippen molar-refractivity contribution in [2.24, 2.45) is 4.99 Å². The molecule has 1 saturated heterocycles. The molecule has 0 N–H and O–H groups in total. The first-order valence-corrected chi connectivity index (χ1v) is 10.8. The number of carbonyl (C=O) groups excluding carboxylic acids is 2. The molecule has 2 aromatic carbocycles. The zero-order valence-corrected chi connectivity index (χ0v) is 16.5. The summed E-state index contributed by atoms with van der Waals surface area (Å²) in [6.07, 6.45) is 0.712. The zero-order chi connectivity index (χ0) is 19.3. The lowest BCUT2D eigenvalue weighted by Gasteiger charge is -2.29. The summed E-state index contributed by atoms with van der Waals surface area (Å²) in [4.78, 5) is 31.7. The molecular weight excluding hydrogens is 372 g/mol. The molecule has 0 radical (unpaired) electrons. The minimum absolute atomic E-state index is 0.0723. The van der Waals surface area contributed by atoms with Gasteiger partial charge in [0.25, 0.3) is 5.91 Å². The number of allylic oxidation sites excluding steroid dienone is 1. The van der Waals surface area contributed by atoms with Crippen molar-refractivity contribution in [2.45, 2.75) is 13.3 Å². The number of anilines is 1. The third-order valence-electron chi connectivity index (χ3n) is 5.45. The molecule has 2 aromatic rings. The largest absolute Gasteiger partial charge is 0.462 e. The van der Waals surface area contributed by atoms with Gasteiger partial charge in [-0.3, -0.25) is 4.79 Å². The van der Waals surface area contributed by atoms with Crippen LogP contribution in [0.25, 0.3) is 16.3 Å². The van der Waals surface area contributed by atoms with Gasteiger partial charge in [0, 0.05) is 52.2 Å². The smallest absolute Gasteiger partial charge is 0.344 e. The van der Waals surface area contributed by atoms with Gasteiger partial charge in [-0.05, 0) is 18.1 Å². The number of nitrogens with zero attached hydrogens (tertiary/aromatic N) is 2. The molecule has 0 bridgehead atoms. The molecule has 0 unspecified atom stereocenters. The van der Waals surface area contributed by atoms with Crippen molar-refractivity contribution >= 4 is 51.4 Å². The second kappa shape index (κ2) is 6.78. The molecule has 0 atom stereocenters. The van der Waals surface area contributed by atoms with E-state index in [0.717, 1.165) is 46.5 Å². The Kier molecular flexibility index (Phi) is 4.23. The monoisotopic (exact) mass is 392 g/mol. The number of hydrogen-bond acceptors (Lipinski definition) is 5. The quantitative estimate of drug-likeness (QED) is 0.589. The third-order valence-corrected chi connectivity index (χ3v) is 6.39. The molecule has 142 valence electrons. The fraction of sp³-hybridized carbons (Fsp3) is 0.318. The van der Waals surface area contributed by atoms with Crippen molar-refractivity contribution < 1.29 is 14.3 Å². The number of aliphatic imine (C=N–C) groups is 1. The maximum atomic E-state index is 12.6. The van der Waals surface area contributed by atoms with E-state index in [0.29, 0.717) is 24.3 Å². The Bertz CT molecular complexity index is 1080. The molecule has 2 heterocycles. The van der Waals surface area contributed by atoms with Crippen LogP contribution in [0.5, 0.6) is 0 Å². The van der Waals surface area contributed by atoms with Crippen LogP contribution >= 0.6 is 11.8 Å². The van der Waals surface area contributed by atoms with Crippen molar-refractivity contribution in [3.8, 4) is 0 Å². The van der Waals surface area contributed by atoms with Gasteiger partial charge in [0.15, 0.2) is 0 Å². The first-order valence-electron chi connectivity index (χ1n) is 9.64. The van der Waals surface area contributed by atoms with Crippen LogP contribution in [0, 0.1) is 0 Å². The topological polar surface area (TPSA) is 59.0 Å². The summed E-state index contributed by atoms with van der Waals surface area (Å²) in [5, 5.41) is 2.24. The summed E-state index contributed by atoms with van der Waals surface area (Å²) in [7, 11) is 0. The average Bonchev–Trinajstić information content (AvgIpc) is 3.22. The van der Waals surface area contributed by atoms with Crippen molar-refractivity contribution in [1.29, 1.82) is 0 Å². The van der Waals surface area contributed by atoms with E-state index in [1.54, 1.807) is 0 Å². The van der Waals surface area contributed by atoms with Gasteiger partial charge in [0.2, 0.25) is 0 Å². The minimum atomic E-state index is -0.571. The highest BCUT2D eigenvalue weighted by Gasteiger charge is 2.39. The van der Waals surface area contributed by atoms with Gasteiger partial charge in [-0.15, -0.1) is 0 Å². The predicted molar refractivity (Wildman–Crippen MR) is 113 cm³/mol. The normalized spacial score (nSPS) is 18.0. The van der Waals surface area contributed by atoms with Gasteiger partial charge < -0.3 is 9.64 Å². The Hall–Kier alpha value is -2.60. The fourth-order valence-electron chi connectivity index (χ4n) is 4.23. The number of esters is 1. The van der Waals surface area contributed by atoms with Crippen LogP contribution in [0.15, 0.2) is 40.9 Å². The molecule has 5 nitrogen and oxygen atoms in total. The summed E-state index contributed by atoms with van der Waals surface area (Å²) >= 11 is 1.98. The van der Waals surface area contributed by atoms with Crippen LogP contribution in [0.3, 0.4) is 0 Å². The van der Waals surface area contributed by atoms with Gasteiger partial charge >= 0.3 is 5.97 Å². The number of thioether (sulfide) groups is 1. The molecule has 6 heteroatoms. The van der Waals surface area contributed by atoms with Crippen LogP contribution in [0.1, 0.15) is 24.5 Å². The number of hydrogen-bond donors (Lipinski definition) is 0. The Morgan fingerprint density at radius 1 is 1.18 bits per heavy atom. The number of carbonyl (C=O) groups is 2. The maximum Gasteiger partial charge on any atom is 0.344 e. The number of ether oxygens (including phenoxy) is 1. The van der Waals surface area contributed by atoms with E-state index in [9.17, 15) is 9.59 Å². The van der Waals surface area contributed by atoms with Gasteiger partial charge in [-0.25, -0.2) is 9.79 Å². The average molecular weight is 392 g/mol. The summed E-state index contributed by atoms with van der Waals surface area (Å²) in [6.45, 7) is 4.28. The van der Waals surface area contributed by atoms with E-state index in [1.807, 2.05) is 36.9 Å². The molecule has 28 heavy (non-hydrogen) atoms. The third kappa shape index (κ3) is 2.51. The number of rotatable bonds is 4. The molecule has 2 aliphatic heterocycles. The lowest BCUT2D eigenvalue weighted by atomic mass is 9.99. The van der Waals surface area contributed by atoms with E-state index < -0.39 is 11.9 Å². The highest BCUT2D eigenvalue weighted by molar-refractivity contribution is 7.99. The van der Waals surface area contributed by atoms with E-state index in [4.69, 9.17) is 4.74 Å². The zero-order valence-electron chi connectivity index (χ0n) is 15.7. The standard InChI is InChI=1S/C22H20N2O3S/c1-2-10-27-22(26)19-18-14-6-7-16(24-8-11-28-12-9-24)13-4-3-5-15(17(13)14)20(18)23-21(19)25/h3-7H,2,8-12H2,1H3. The van der Waals surface area contributed by atoms with Crippen LogP contribution in [-0.4, -0.2) is 48.8 Å². The van der Waals surface area contributed by atoms with E-state index in [1.165, 1.54) is 5.69 Å². The van der Waals surface area contributed by atoms with E-state index in [-0.39, 0.29) is 5.57 Å². The second-order valence-corrected chi connectivity index (χ2v) is 8.34. The van der Waals surface area contributed by atoms with E-state index >= 15 is 0 Å². The molecule has 0 aromatic heterocycles. The Labute approximate surface area is 167 Å². The highest BCUT2D eigenvalue weighted by Crippen LogP contribution is 2.45. The Morgan fingerprint density at radius 3 is 2.79 bits per heavy atom. The summed E-state index contributed by atoms with van der Waals surface area (Å²) in [6, 6.07) is 10.3. The Morgan fingerprint density at radius 2 is 2.00 bits per heavy atom. The molecule has 0 saturated carbocycles.